The molecule has 0 atom stereocenters. The van der Waals surface area contributed by atoms with Gasteiger partial charge >= 0.3 is 0 Å². The van der Waals surface area contributed by atoms with E-state index in [4.69, 9.17) is 4.98 Å². The van der Waals surface area contributed by atoms with Crippen LogP contribution in [-0.2, 0) is 13.0 Å². The molecule has 0 amide bonds. The van der Waals surface area contributed by atoms with E-state index in [1.54, 1.807) is 0 Å². The highest BCUT2D eigenvalue weighted by molar-refractivity contribution is 5.92. The summed E-state index contributed by atoms with van der Waals surface area (Å²) >= 11 is 0. The van der Waals surface area contributed by atoms with Crippen LogP contribution in [0.15, 0.2) is 42.7 Å². The quantitative estimate of drug-likeness (QED) is 0.709. The smallest absolute Gasteiger partial charge is 0.0726 e. The Morgan fingerprint density at radius 1 is 1.12 bits per heavy atom. The van der Waals surface area contributed by atoms with Crippen molar-refractivity contribution in [2.45, 2.75) is 45.6 Å². The van der Waals surface area contributed by atoms with Crippen LogP contribution in [0.25, 0.3) is 10.9 Å². The topological polar surface area (TPSA) is 34.0 Å². The Labute approximate surface area is 149 Å². The molecule has 130 valence electrons. The second kappa shape index (κ2) is 6.87. The monoisotopic (exact) mass is 334 g/mol. The fourth-order valence-corrected chi connectivity index (χ4v) is 3.87. The average Bonchev–Trinajstić information content (AvgIpc) is 3.16. The Morgan fingerprint density at radius 2 is 1.92 bits per heavy atom. The van der Waals surface area contributed by atoms with E-state index in [-0.39, 0.29) is 0 Å². The lowest BCUT2D eigenvalue weighted by atomic mass is 9.91. The average molecular weight is 334 g/mol. The van der Waals surface area contributed by atoms with Crippen molar-refractivity contribution in [1.82, 2.24) is 14.8 Å². The van der Waals surface area contributed by atoms with Crippen LogP contribution in [0.2, 0.25) is 0 Å². The molecule has 0 bridgehead atoms. The Balaban J connectivity index is 1.57. The maximum absolute atomic E-state index is 4.79. The van der Waals surface area contributed by atoms with Gasteiger partial charge in [0.25, 0.3) is 0 Å². The van der Waals surface area contributed by atoms with Crippen LogP contribution in [0, 0.1) is 0 Å². The number of anilines is 1. The molecular formula is C21H26N4. The number of pyridine rings is 1. The number of nitrogens with zero attached hydrogens (tertiary/aromatic N) is 4. The normalized spacial score (nSPS) is 15.8. The second-order valence-corrected chi connectivity index (χ2v) is 6.89. The van der Waals surface area contributed by atoms with Gasteiger partial charge in [-0.3, -0.25) is 9.67 Å². The molecule has 1 aromatic carbocycles. The molecule has 3 aromatic rings. The zero-order chi connectivity index (χ0) is 17.2. The summed E-state index contributed by atoms with van der Waals surface area (Å²) in [7, 11) is 0. The largest absolute Gasteiger partial charge is 0.371 e. The van der Waals surface area contributed by atoms with Crippen molar-refractivity contribution in [3.8, 4) is 0 Å². The van der Waals surface area contributed by atoms with Crippen LogP contribution >= 0.6 is 0 Å². The third-order valence-corrected chi connectivity index (χ3v) is 5.39. The second-order valence-electron chi connectivity index (χ2n) is 6.89. The first-order chi connectivity index (χ1) is 12.3. The van der Waals surface area contributed by atoms with Crippen molar-refractivity contribution < 1.29 is 0 Å². The van der Waals surface area contributed by atoms with E-state index < -0.39 is 0 Å². The van der Waals surface area contributed by atoms with Gasteiger partial charge in [0.15, 0.2) is 0 Å². The number of hydrogen-bond acceptors (Lipinski definition) is 3. The number of rotatable bonds is 4. The number of aryl methyl sites for hydroxylation is 2. The fourth-order valence-electron chi connectivity index (χ4n) is 3.87. The van der Waals surface area contributed by atoms with Crippen LogP contribution in [0.1, 0.15) is 43.9 Å². The van der Waals surface area contributed by atoms with Gasteiger partial charge in [-0.05, 0) is 49.8 Å². The van der Waals surface area contributed by atoms with Crippen molar-refractivity contribution in [3.05, 3.63) is 54.0 Å². The summed E-state index contributed by atoms with van der Waals surface area (Å²) in [6.07, 6.45) is 7.63. The summed E-state index contributed by atoms with van der Waals surface area (Å²) in [5, 5.41) is 5.72. The lowest BCUT2D eigenvalue weighted by Gasteiger charge is -2.34. The molecule has 0 aliphatic carbocycles. The molecule has 0 radical (unpaired) electrons. The number of fused-ring (bicyclic) bond motifs is 1. The van der Waals surface area contributed by atoms with Crippen molar-refractivity contribution in [3.63, 3.8) is 0 Å². The van der Waals surface area contributed by atoms with E-state index in [1.165, 1.54) is 35.2 Å². The fraction of sp³-hybridized carbons (Fsp3) is 0.429. The molecule has 0 N–H and O–H groups in total. The van der Waals surface area contributed by atoms with Gasteiger partial charge in [0.05, 0.1) is 11.7 Å². The van der Waals surface area contributed by atoms with Crippen molar-refractivity contribution in [2.75, 3.05) is 18.0 Å². The zero-order valence-corrected chi connectivity index (χ0v) is 15.2. The van der Waals surface area contributed by atoms with Crippen molar-refractivity contribution in [2.24, 2.45) is 0 Å². The molecule has 1 fully saturated rings. The van der Waals surface area contributed by atoms with E-state index in [0.717, 1.165) is 31.6 Å². The molecule has 0 spiro atoms. The molecule has 1 aliphatic heterocycles. The number of para-hydroxylation sites is 1. The highest BCUT2D eigenvalue weighted by Gasteiger charge is 2.23. The SMILES string of the molecule is CCc1cc(N2CCC(c3cnn(CC)c3)CC2)c2ccccc2n1. The summed E-state index contributed by atoms with van der Waals surface area (Å²) in [6, 6.07) is 10.8. The Morgan fingerprint density at radius 3 is 2.64 bits per heavy atom. The van der Waals surface area contributed by atoms with E-state index in [9.17, 15) is 0 Å². The van der Waals surface area contributed by atoms with Crippen LogP contribution in [0.3, 0.4) is 0 Å². The summed E-state index contributed by atoms with van der Waals surface area (Å²) in [5.74, 6) is 0.635. The minimum absolute atomic E-state index is 0.635. The molecule has 0 unspecified atom stereocenters. The first-order valence-corrected chi connectivity index (χ1v) is 9.44. The Kier molecular flexibility index (Phi) is 4.43. The standard InChI is InChI=1S/C21H26N4/c1-3-18-13-21(19-7-5-6-8-20(19)23-18)24-11-9-16(10-12-24)17-14-22-25(4-2)15-17/h5-8,13-16H,3-4,9-12H2,1-2H3. The highest BCUT2D eigenvalue weighted by Crippen LogP contribution is 2.33. The molecule has 4 heteroatoms. The molecule has 4 nitrogen and oxygen atoms in total. The molecule has 2 aromatic heterocycles. The van der Waals surface area contributed by atoms with E-state index in [1.807, 2.05) is 4.68 Å². The van der Waals surface area contributed by atoms with Gasteiger partial charge in [-0.25, -0.2) is 0 Å². The summed E-state index contributed by atoms with van der Waals surface area (Å²) in [4.78, 5) is 7.33. The lowest BCUT2D eigenvalue weighted by Crippen LogP contribution is -2.33. The van der Waals surface area contributed by atoms with Gasteiger partial charge in [0.2, 0.25) is 0 Å². The number of aromatic nitrogens is 3. The molecule has 4 rings (SSSR count). The molecular weight excluding hydrogens is 308 g/mol. The maximum atomic E-state index is 4.79. The molecule has 1 saturated heterocycles. The van der Waals surface area contributed by atoms with Crippen molar-refractivity contribution >= 4 is 16.6 Å². The van der Waals surface area contributed by atoms with Crippen LogP contribution < -0.4 is 4.90 Å². The van der Waals surface area contributed by atoms with Crippen LogP contribution in [0.4, 0.5) is 5.69 Å². The predicted octanol–water partition coefficient (Wildman–Crippen LogP) is 4.40. The Bertz CT molecular complexity index is 859. The number of hydrogen-bond donors (Lipinski definition) is 0. The lowest BCUT2D eigenvalue weighted by molar-refractivity contribution is 0.505. The molecule has 0 saturated carbocycles. The number of benzene rings is 1. The third-order valence-electron chi connectivity index (χ3n) is 5.39. The van der Waals surface area contributed by atoms with Gasteiger partial charge in [0.1, 0.15) is 0 Å². The number of piperidine rings is 1. The summed E-state index contributed by atoms with van der Waals surface area (Å²) in [6.45, 7) is 7.46. The summed E-state index contributed by atoms with van der Waals surface area (Å²) in [5.41, 5.74) is 5.05. The first-order valence-electron chi connectivity index (χ1n) is 9.44. The molecule has 25 heavy (non-hydrogen) atoms. The zero-order valence-electron chi connectivity index (χ0n) is 15.2. The van der Waals surface area contributed by atoms with E-state index in [2.05, 4.69) is 66.6 Å². The minimum atomic E-state index is 0.635. The van der Waals surface area contributed by atoms with E-state index in [0.29, 0.717) is 5.92 Å². The molecule has 3 heterocycles. The van der Waals surface area contributed by atoms with Gasteiger partial charge in [0, 0.05) is 42.6 Å². The highest BCUT2D eigenvalue weighted by atomic mass is 15.3. The Hall–Kier alpha value is -2.36. The van der Waals surface area contributed by atoms with Crippen LogP contribution in [0.5, 0.6) is 0 Å². The van der Waals surface area contributed by atoms with Gasteiger partial charge in [-0.2, -0.15) is 5.10 Å². The van der Waals surface area contributed by atoms with Gasteiger partial charge < -0.3 is 4.90 Å². The van der Waals surface area contributed by atoms with E-state index >= 15 is 0 Å². The first kappa shape index (κ1) is 16.1. The summed E-state index contributed by atoms with van der Waals surface area (Å²) < 4.78 is 2.03. The third kappa shape index (κ3) is 3.13. The maximum Gasteiger partial charge on any atom is 0.0726 e. The van der Waals surface area contributed by atoms with Gasteiger partial charge in [-0.1, -0.05) is 25.1 Å². The van der Waals surface area contributed by atoms with Gasteiger partial charge in [-0.15, -0.1) is 0 Å². The van der Waals surface area contributed by atoms with Crippen molar-refractivity contribution in [1.29, 1.82) is 0 Å². The predicted molar refractivity (Wildman–Crippen MR) is 103 cm³/mol. The minimum Gasteiger partial charge on any atom is -0.371 e. The molecule has 1 aliphatic rings. The van der Waals surface area contributed by atoms with Crippen LogP contribution in [-0.4, -0.2) is 27.9 Å².